The highest BCUT2D eigenvalue weighted by molar-refractivity contribution is 5.89. The van der Waals surface area contributed by atoms with Crippen LogP contribution < -0.4 is 0 Å². The molecule has 0 spiro atoms. The van der Waals surface area contributed by atoms with Crippen LogP contribution in [0, 0.1) is 6.92 Å². The largest absolute Gasteiger partial charge is 0.465 e. The van der Waals surface area contributed by atoms with Crippen molar-refractivity contribution in [1.82, 2.24) is 0 Å². The van der Waals surface area contributed by atoms with E-state index in [2.05, 4.69) is 4.74 Å². The molecule has 0 aromatic heterocycles. The van der Waals surface area contributed by atoms with E-state index in [9.17, 15) is 9.59 Å². The van der Waals surface area contributed by atoms with E-state index in [0.717, 1.165) is 12.0 Å². The highest BCUT2D eigenvalue weighted by Crippen LogP contribution is 2.34. The first kappa shape index (κ1) is 11.8. The molecule has 0 aliphatic heterocycles. The maximum Gasteiger partial charge on any atom is 0.337 e. The highest BCUT2D eigenvalue weighted by Gasteiger charge is 2.24. The first-order valence-corrected chi connectivity index (χ1v) is 5.82. The number of esters is 1. The molecule has 0 bridgehead atoms. The SMILES string of the molecule is COC(=O)c1ccc([C@@H]2CCC(=O)C2)c(C)c1. The van der Waals surface area contributed by atoms with Gasteiger partial charge in [-0.2, -0.15) is 0 Å². The van der Waals surface area contributed by atoms with Crippen LogP contribution in [0.3, 0.4) is 0 Å². The van der Waals surface area contributed by atoms with Gasteiger partial charge in [0.15, 0.2) is 0 Å². The zero-order valence-electron chi connectivity index (χ0n) is 10.2. The number of rotatable bonds is 2. The van der Waals surface area contributed by atoms with E-state index < -0.39 is 0 Å². The standard InChI is InChI=1S/C14H16O3/c1-9-7-11(14(16)17-2)4-6-13(9)10-3-5-12(15)8-10/h4,6-7,10H,3,5,8H2,1-2H3/t10-/m1/s1. The summed E-state index contributed by atoms with van der Waals surface area (Å²) < 4.78 is 4.68. The Bertz CT molecular complexity index is 463. The minimum absolute atomic E-state index is 0.317. The normalized spacial score (nSPS) is 19.4. The fourth-order valence-electron chi connectivity index (χ4n) is 2.46. The van der Waals surface area contributed by atoms with E-state index in [4.69, 9.17) is 0 Å². The smallest absolute Gasteiger partial charge is 0.337 e. The summed E-state index contributed by atoms with van der Waals surface area (Å²) in [5.41, 5.74) is 2.81. The van der Waals surface area contributed by atoms with Crippen molar-refractivity contribution in [2.24, 2.45) is 0 Å². The molecule has 1 aliphatic carbocycles. The number of benzene rings is 1. The number of carbonyl (C=O) groups is 2. The zero-order chi connectivity index (χ0) is 12.4. The lowest BCUT2D eigenvalue weighted by Gasteiger charge is -2.13. The van der Waals surface area contributed by atoms with Crippen LogP contribution in [0.4, 0.5) is 0 Å². The van der Waals surface area contributed by atoms with Gasteiger partial charge in [0.2, 0.25) is 0 Å². The van der Waals surface area contributed by atoms with Crippen molar-refractivity contribution >= 4 is 11.8 Å². The van der Waals surface area contributed by atoms with Crippen LogP contribution >= 0.6 is 0 Å². The zero-order valence-corrected chi connectivity index (χ0v) is 10.2. The van der Waals surface area contributed by atoms with Crippen LogP contribution in [0.25, 0.3) is 0 Å². The van der Waals surface area contributed by atoms with Crippen molar-refractivity contribution in [2.75, 3.05) is 7.11 Å². The summed E-state index contributed by atoms with van der Waals surface area (Å²) in [5, 5.41) is 0. The molecule has 0 unspecified atom stereocenters. The summed E-state index contributed by atoms with van der Waals surface area (Å²) in [6.45, 7) is 1.98. The van der Waals surface area contributed by atoms with Crippen molar-refractivity contribution in [3.05, 3.63) is 34.9 Å². The Morgan fingerprint density at radius 3 is 2.71 bits per heavy atom. The van der Waals surface area contributed by atoms with Crippen LogP contribution in [-0.2, 0) is 9.53 Å². The molecule has 90 valence electrons. The van der Waals surface area contributed by atoms with Crippen molar-refractivity contribution in [1.29, 1.82) is 0 Å². The number of carbonyl (C=O) groups excluding carboxylic acids is 2. The molecular weight excluding hydrogens is 216 g/mol. The van der Waals surface area contributed by atoms with Gasteiger partial charge in [-0.05, 0) is 42.5 Å². The molecular formula is C14H16O3. The molecule has 1 aromatic carbocycles. The quantitative estimate of drug-likeness (QED) is 0.736. The van der Waals surface area contributed by atoms with Gasteiger partial charge in [0.25, 0.3) is 0 Å². The topological polar surface area (TPSA) is 43.4 Å². The van der Waals surface area contributed by atoms with Crippen molar-refractivity contribution in [3.8, 4) is 0 Å². The first-order valence-electron chi connectivity index (χ1n) is 5.82. The number of hydrogen-bond donors (Lipinski definition) is 0. The second-order valence-corrected chi connectivity index (χ2v) is 4.54. The van der Waals surface area contributed by atoms with Crippen molar-refractivity contribution in [3.63, 3.8) is 0 Å². The molecule has 0 N–H and O–H groups in total. The van der Waals surface area contributed by atoms with Gasteiger partial charge in [-0.1, -0.05) is 6.07 Å². The lowest BCUT2D eigenvalue weighted by atomic mass is 9.92. The van der Waals surface area contributed by atoms with E-state index in [1.54, 1.807) is 6.07 Å². The Kier molecular flexibility index (Phi) is 3.27. The summed E-state index contributed by atoms with van der Waals surface area (Å²) in [4.78, 5) is 22.7. The maximum absolute atomic E-state index is 11.4. The van der Waals surface area contributed by atoms with Gasteiger partial charge in [0, 0.05) is 12.8 Å². The number of ketones is 1. The molecule has 1 aromatic rings. The minimum atomic E-state index is -0.317. The maximum atomic E-state index is 11.4. The third-order valence-electron chi connectivity index (χ3n) is 3.38. The number of hydrogen-bond acceptors (Lipinski definition) is 3. The molecule has 0 radical (unpaired) electrons. The number of Topliss-reactive ketones (excluding diaryl/α,β-unsaturated/α-hetero) is 1. The average Bonchev–Trinajstić information content (AvgIpc) is 2.74. The van der Waals surface area contributed by atoms with Gasteiger partial charge in [0.1, 0.15) is 5.78 Å². The average molecular weight is 232 g/mol. The first-order chi connectivity index (χ1) is 8.11. The fourth-order valence-corrected chi connectivity index (χ4v) is 2.46. The van der Waals surface area contributed by atoms with Gasteiger partial charge in [-0.3, -0.25) is 4.79 Å². The van der Waals surface area contributed by atoms with Gasteiger partial charge < -0.3 is 4.74 Å². The fraction of sp³-hybridized carbons (Fsp3) is 0.429. The summed E-state index contributed by atoms with van der Waals surface area (Å²) >= 11 is 0. The molecule has 3 nitrogen and oxygen atoms in total. The van der Waals surface area contributed by atoms with Gasteiger partial charge in [-0.15, -0.1) is 0 Å². The summed E-state index contributed by atoms with van der Waals surface area (Å²) in [6.07, 6.45) is 2.25. The lowest BCUT2D eigenvalue weighted by Crippen LogP contribution is -2.04. The summed E-state index contributed by atoms with van der Waals surface area (Å²) in [5.74, 6) is 0.350. The Labute approximate surface area is 101 Å². The van der Waals surface area contributed by atoms with E-state index in [1.165, 1.54) is 12.7 Å². The number of ether oxygens (including phenoxy) is 1. The Balaban J connectivity index is 2.25. The van der Waals surface area contributed by atoms with E-state index in [1.807, 2.05) is 19.1 Å². The van der Waals surface area contributed by atoms with Crippen LogP contribution in [0.5, 0.6) is 0 Å². The second-order valence-electron chi connectivity index (χ2n) is 4.54. The molecule has 0 saturated heterocycles. The second kappa shape index (κ2) is 4.70. The van der Waals surface area contributed by atoms with Crippen molar-refractivity contribution in [2.45, 2.75) is 32.1 Å². The molecule has 1 aliphatic rings. The Morgan fingerprint density at radius 2 is 2.18 bits per heavy atom. The molecule has 1 atom stereocenters. The lowest BCUT2D eigenvalue weighted by molar-refractivity contribution is -0.117. The summed E-state index contributed by atoms with van der Waals surface area (Å²) in [6, 6.07) is 5.56. The predicted octanol–water partition coefficient (Wildman–Crippen LogP) is 2.62. The Morgan fingerprint density at radius 1 is 1.41 bits per heavy atom. The third kappa shape index (κ3) is 2.38. The molecule has 3 heteroatoms. The third-order valence-corrected chi connectivity index (χ3v) is 3.38. The monoisotopic (exact) mass is 232 g/mol. The molecule has 0 heterocycles. The molecule has 0 amide bonds. The molecule has 17 heavy (non-hydrogen) atoms. The van der Waals surface area contributed by atoms with Crippen LogP contribution in [-0.4, -0.2) is 18.9 Å². The number of aryl methyl sites for hydroxylation is 1. The predicted molar refractivity (Wildman–Crippen MR) is 64.1 cm³/mol. The van der Waals surface area contributed by atoms with Crippen LogP contribution in [0.2, 0.25) is 0 Å². The van der Waals surface area contributed by atoms with Crippen molar-refractivity contribution < 1.29 is 14.3 Å². The van der Waals surface area contributed by atoms with Gasteiger partial charge in [0.05, 0.1) is 12.7 Å². The number of methoxy groups -OCH3 is 1. The minimum Gasteiger partial charge on any atom is -0.465 e. The Hall–Kier alpha value is -1.64. The van der Waals surface area contributed by atoms with Gasteiger partial charge >= 0.3 is 5.97 Å². The van der Waals surface area contributed by atoms with Gasteiger partial charge in [-0.25, -0.2) is 4.79 Å². The van der Waals surface area contributed by atoms with E-state index in [-0.39, 0.29) is 5.97 Å². The molecule has 1 saturated carbocycles. The molecule has 1 fully saturated rings. The molecule has 2 rings (SSSR count). The highest BCUT2D eigenvalue weighted by atomic mass is 16.5. The van der Waals surface area contributed by atoms with Crippen LogP contribution in [0.1, 0.15) is 46.7 Å². The van der Waals surface area contributed by atoms with E-state index >= 15 is 0 Å². The van der Waals surface area contributed by atoms with E-state index in [0.29, 0.717) is 30.1 Å². The summed E-state index contributed by atoms with van der Waals surface area (Å²) in [7, 11) is 1.38. The van der Waals surface area contributed by atoms with Crippen LogP contribution in [0.15, 0.2) is 18.2 Å².